The summed E-state index contributed by atoms with van der Waals surface area (Å²) in [6.45, 7) is 7.74. The van der Waals surface area contributed by atoms with Crippen LogP contribution in [0, 0.1) is 57.3 Å². The van der Waals surface area contributed by atoms with Crippen molar-refractivity contribution < 1.29 is 19.2 Å². The maximum Gasteiger partial charge on any atom is 0.238 e. The summed E-state index contributed by atoms with van der Waals surface area (Å²) in [5.41, 5.74) is 4.54. The van der Waals surface area contributed by atoms with E-state index in [1.165, 1.54) is 9.80 Å². The predicted molar refractivity (Wildman–Crippen MR) is 152 cm³/mol. The predicted octanol–water partition coefficient (Wildman–Crippen LogP) is 4.97. The van der Waals surface area contributed by atoms with Crippen LogP contribution >= 0.6 is 0 Å². The van der Waals surface area contributed by atoms with E-state index in [1.54, 1.807) is 0 Å². The second-order valence-corrected chi connectivity index (χ2v) is 11.8. The van der Waals surface area contributed by atoms with E-state index in [2.05, 4.69) is 0 Å². The van der Waals surface area contributed by atoms with E-state index >= 15 is 0 Å². The lowest BCUT2D eigenvalue weighted by Gasteiger charge is -2.53. The first-order chi connectivity index (χ1) is 19.2. The van der Waals surface area contributed by atoms with Gasteiger partial charge in [0.1, 0.15) is 0 Å². The van der Waals surface area contributed by atoms with Gasteiger partial charge in [0.15, 0.2) is 0 Å². The van der Waals surface area contributed by atoms with Gasteiger partial charge in [-0.1, -0.05) is 77.9 Å². The molecule has 0 aromatic heterocycles. The highest BCUT2D eigenvalue weighted by molar-refractivity contribution is 6.27. The Kier molecular flexibility index (Phi) is 5.15. The Balaban J connectivity index is 1.43. The van der Waals surface area contributed by atoms with Gasteiger partial charge >= 0.3 is 0 Å². The molecule has 3 aromatic rings. The van der Waals surface area contributed by atoms with E-state index in [0.29, 0.717) is 11.4 Å². The van der Waals surface area contributed by atoms with Crippen LogP contribution < -0.4 is 9.80 Å². The van der Waals surface area contributed by atoms with Crippen LogP contribution in [-0.2, 0) is 24.6 Å². The van der Waals surface area contributed by atoms with Crippen LogP contribution in [0.3, 0.4) is 0 Å². The van der Waals surface area contributed by atoms with Crippen molar-refractivity contribution in [3.63, 3.8) is 0 Å². The number of rotatable bonds is 3. The van der Waals surface area contributed by atoms with Crippen molar-refractivity contribution in [2.45, 2.75) is 33.1 Å². The average Bonchev–Trinajstić information content (AvgIpc) is 3.37. The summed E-state index contributed by atoms with van der Waals surface area (Å²) >= 11 is 0. The molecule has 2 saturated heterocycles. The molecule has 3 fully saturated rings. The zero-order chi connectivity index (χ0) is 28.1. The van der Waals surface area contributed by atoms with Crippen molar-refractivity contribution in [3.8, 4) is 0 Å². The van der Waals surface area contributed by atoms with Gasteiger partial charge in [0.05, 0.1) is 35.0 Å². The Morgan fingerprint density at radius 1 is 0.600 bits per heavy atom. The molecule has 2 heterocycles. The molecule has 40 heavy (non-hydrogen) atoms. The Morgan fingerprint density at radius 3 is 1.52 bits per heavy atom. The third kappa shape index (κ3) is 2.99. The van der Waals surface area contributed by atoms with Gasteiger partial charge in [-0.05, 0) is 56.5 Å². The fraction of sp³-hybridized carbons (Fsp3) is 0.294. The third-order valence-electron chi connectivity index (χ3n) is 9.62. The second-order valence-electron chi connectivity index (χ2n) is 11.8. The molecular weight excluding hydrogens is 500 g/mol. The molecule has 8 rings (SSSR count). The summed E-state index contributed by atoms with van der Waals surface area (Å²) in [6.07, 6.45) is 3.89. The van der Waals surface area contributed by atoms with Gasteiger partial charge in [-0.15, -0.1) is 0 Å². The van der Waals surface area contributed by atoms with Crippen LogP contribution in [0.4, 0.5) is 11.4 Å². The van der Waals surface area contributed by atoms with E-state index in [-0.39, 0.29) is 23.6 Å². The highest BCUT2D eigenvalue weighted by atomic mass is 16.2. The Morgan fingerprint density at radius 2 is 1.07 bits per heavy atom. The molecule has 200 valence electrons. The number of benzene rings is 3. The maximum absolute atomic E-state index is 14.4. The lowest BCUT2D eigenvalue weighted by Crippen LogP contribution is -2.60. The molecule has 2 bridgehead atoms. The molecule has 3 aromatic carbocycles. The number of allylic oxidation sites excluding steroid dienone is 2. The molecule has 4 amide bonds. The normalized spacial score (nSPS) is 30.4. The van der Waals surface area contributed by atoms with E-state index < -0.39 is 35.0 Å². The van der Waals surface area contributed by atoms with Crippen molar-refractivity contribution in [2.24, 2.45) is 29.6 Å². The van der Waals surface area contributed by atoms with Crippen LogP contribution in [0.2, 0.25) is 0 Å². The van der Waals surface area contributed by atoms with Crippen LogP contribution in [0.15, 0.2) is 78.9 Å². The molecule has 6 heteroatoms. The van der Waals surface area contributed by atoms with Crippen molar-refractivity contribution in [3.05, 3.63) is 107 Å². The smallest absolute Gasteiger partial charge is 0.238 e. The molecule has 1 saturated carbocycles. The molecule has 0 spiro atoms. The first-order valence-corrected chi connectivity index (χ1v) is 13.8. The standard InChI is InChI=1S/C34H30N2O4/c1-18-10-12-24(20(3)16-18)35-30(37)26-23-14-15-34(28(26)32(35)39,22-8-6-5-7-9-22)29-27(23)31(38)36(33(29)40)25-13-11-19(2)17-21(25)4/h5-17,23,26-29H,1-4H3. The van der Waals surface area contributed by atoms with Crippen molar-refractivity contribution in [1.82, 2.24) is 0 Å². The number of aryl methyl sites for hydroxylation is 4. The largest absolute Gasteiger partial charge is 0.274 e. The van der Waals surface area contributed by atoms with Gasteiger partial charge in [-0.3, -0.25) is 19.2 Å². The zero-order valence-corrected chi connectivity index (χ0v) is 22.9. The minimum absolute atomic E-state index is 0.291. The SMILES string of the molecule is Cc1ccc(N2C(=O)C3C4C=CC(c5ccccc5)(C3C2=O)C2C(=O)N(c3ccc(C)cc3C)C(=O)C42)c(C)c1. The van der Waals surface area contributed by atoms with Crippen LogP contribution in [-0.4, -0.2) is 23.6 Å². The van der Waals surface area contributed by atoms with Gasteiger partial charge in [0, 0.05) is 11.3 Å². The number of nitrogens with zero attached hydrogens (tertiary/aromatic N) is 2. The van der Waals surface area contributed by atoms with Gasteiger partial charge in [-0.2, -0.15) is 0 Å². The molecule has 0 radical (unpaired) electrons. The van der Waals surface area contributed by atoms with Gasteiger partial charge in [0.25, 0.3) is 0 Å². The maximum atomic E-state index is 14.4. The molecule has 5 aliphatic rings. The quantitative estimate of drug-likeness (QED) is 0.354. The first-order valence-electron chi connectivity index (χ1n) is 13.8. The molecule has 3 aliphatic carbocycles. The molecule has 0 N–H and O–H groups in total. The Labute approximate surface area is 233 Å². The molecule has 2 aliphatic heterocycles. The lowest BCUT2D eigenvalue weighted by molar-refractivity contribution is -0.140. The van der Waals surface area contributed by atoms with Crippen LogP contribution in [0.5, 0.6) is 0 Å². The monoisotopic (exact) mass is 530 g/mol. The zero-order valence-electron chi connectivity index (χ0n) is 22.9. The van der Waals surface area contributed by atoms with E-state index in [1.807, 2.05) is 107 Å². The Hall–Kier alpha value is -4.32. The van der Waals surface area contributed by atoms with Crippen molar-refractivity contribution in [2.75, 3.05) is 9.80 Å². The first kappa shape index (κ1) is 24.7. The summed E-state index contributed by atoms with van der Waals surface area (Å²) in [4.78, 5) is 60.0. The summed E-state index contributed by atoms with van der Waals surface area (Å²) in [7, 11) is 0. The fourth-order valence-electron chi connectivity index (χ4n) is 8.07. The number of anilines is 2. The minimum Gasteiger partial charge on any atom is -0.274 e. The molecule has 4 atom stereocenters. The summed E-state index contributed by atoms with van der Waals surface area (Å²) in [5.74, 6) is -4.75. The van der Waals surface area contributed by atoms with Gasteiger partial charge < -0.3 is 0 Å². The lowest BCUT2D eigenvalue weighted by atomic mass is 9.45. The number of hydrogen-bond acceptors (Lipinski definition) is 4. The van der Waals surface area contributed by atoms with E-state index in [9.17, 15) is 19.2 Å². The van der Waals surface area contributed by atoms with Gasteiger partial charge in [-0.25, -0.2) is 9.80 Å². The second kappa shape index (κ2) is 8.34. The topological polar surface area (TPSA) is 74.8 Å². The number of amides is 4. The number of carbonyl (C=O) groups is 4. The fourth-order valence-corrected chi connectivity index (χ4v) is 8.07. The van der Waals surface area contributed by atoms with Crippen molar-refractivity contribution >= 4 is 35.0 Å². The minimum atomic E-state index is -1.12. The number of hydrogen-bond donors (Lipinski definition) is 0. The summed E-state index contributed by atoms with van der Waals surface area (Å²) in [5, 5.41) is 0. The number of imide groups is 2. The highest BCUT2D eigenvalue weighted by Gasteiger charge is 2.75. The summed E-state index contributed by atoms with van der Waals surface area (Å²) < 4.78 is 0. The van der Waals surface area contributed by atoms with E-state index in [4.69, 9.17) is 0 Å². The van der Waals surface area contributed by atoms with Crippen LogP contribution in [0.1, 0.15) is 27.8 Å². The van der Waals surface area contributed by atoms with E-state index in [0.717, 1.165) is 27.8 Å². The average molecular weight is 531 g/mol. The van der Waals surface area contributed by atoms with Crippen LogP contribution in [0.25, 0.3) is 0 Å². The van der Waals surface area contributed by atoms with Crippen molar-refractivity contribution in [1.29, 1.82) is 0 Å². The summed E-state index contributed by atoms with van der Waals surface area (Å²) in [6, 6.07) is 20.8. The number of carbonyl (C=O) groups excluding carboxylic acids is 4. The Bertz CT molecular complexity index is 1580. The van der Waals surface area contributed by atoms with Gasteiger partial charge in [0.2, 0.25) is 23.6 Å². The third-order valence-corrected chi connectivity index (χ3v) is 9.62. The molecular formula is C34H30N2O4. The highest BCUT2D eigenvalue weighted by Crippen LogP contribution is 2.65. The molecule has 4 unspecified atom stereocenters. The molecule has 6 nitrogen and oxygen atoms in total.